The normalized spacial score (nSPS) is 17.5. The quantitative estimate of drug-likeness (QED) is 0.518. The summed E-state index contributed by atoms with van der Waals surface area (Å²) in [7, 11) is 2.08. The first-order valence-electron chi connectivity index (χ1n) is 5.40. The van der Waals surface area contributed by atoms with Crippen LogP contribution in [0, 0.1) is 0 Å². The van der Waals surface area contributed by atoms with Crippen LogP contribution in [-0.2, 0) is 0 Å². The summed E-state index contributed by atoms with van der Waals surface area (Å²) in [5, 5.41) is 3.29. The maximum atomic E-state index is 3.29. The number of nitrogens with zero attached hydrogens (tertiary/aromatic N) is 1. The molecule has 0 spiro atoms. The van der Waals surface area contributed by atoms with Gasteiger partial charge in [-0.3, -0.25) is 4.58 Å². The lowest BCUT2D eigenvalue weighted by Crippen LogP contribution is -3.00. The Morgan fingerprint density at radius 1 is 1.12 bits per heavy atom. The van der Waals surface area contributed by atoms with Crippen molar-refractivity contribution in [2.45, 2.75) is 6.04 Å². The smallest absolute Gasteiger partial charge is 0.237 e. The number of H-pyrrole nitrogens is 1. The fraction of sp³-hybridized carbons (Fsp3) is 0.154. The average Bonchev–Trinajstić information content (AvgIpc) is 2.82. The summed E-state index contributed by atoms with van der Waals surface area (Å²) in [6.07, 6.45) is 3.97. The minimum atomic E-state index is 0. The van der Waals surface area contributed by atoms with Crippen molar-refractivity contribution in [3.63, 3.8) is 0 Å². The highest BCUT2D eigenvalue weighted by Crippen LogP contribution is 2.31. The topological polar surface area (TPSA) is 30.8 Å². The minimum Gasteiger partial charge on any atom is -1.00 e. The van der Waals surface area contributed by atoms with E-state index in [9.17, 15) is 0 Å². The summed E-state index contributed by atoms with van der Waals surface area (Å²) in [5.74, 6) is 0. The highest BCUT2D eigenvalue weighted by molar-refractivity contribution is 5.76. The zero-order chi connectivity index (χ0) is 11.0. The van der Waals surface area contributed by atoms with Gasteiger partial charge >= 0.3 is 0 Å². The molecule has 0 amide bonds. The van der Waals surface area contributed by atoms with E-state index in [1.807, 2.05) is 18.6 Å². The first-order valence-corrected chi connectivity index (χ1v) is 5.40. The molecule has 1 aromatic carbocycles. The maximum absolute atomic E-state index is 3.29. The average molecular weight is 339 g/mol. The molecule has 2 aromatic rings. The molecule has 0 aliphatic carbocycles. The fourth-order valence-corrected chi connectivity index (χ4v) is 2.23. The molecule has 0 saturated heterocycles. The number of hydrogen-bond donors (Lipinski definition) is 2. The Kier molecular flexibility index (Phi) is 3.51. The monoisotopic (exact) mass is 339 g/mol. The first-order chi connectivity index (χ1) is 7.86. The molecular weight excluding hydrogens is 325 g/mol. The van der Waals surface area contributed by atoms with E-state index < -0.39 is 0 Å². The molecule has 1 aromatic heterocycles. The summed E-state index contributed by atoms with van der Waals surface area (Å²) in [6.45, 7) is 0. The number of para-hydroxylation sites is 1. The third-order valence-corrected chi connectivity index (χ3v) is 3.00. The van der Waals surface area contributed by atoms with Crippen molar-refractivity contribution in [1.29, 1.82) is 0 Å². The molecule has 2 N–H and O–H groups in total. The van der Waals surface area contributed by atoms with Gasteiger partial charge in [-0.1, -0.05) is 18.2 Å². The molecular formula is C13H14IN3. The van der Waals surface area contributed by atoms with Crippen LogP contribution in [0.3, 0.4) is 0 Å². The predicted octanol–water partition coefficient (Wildman–Crippen LogP) is -0.796. The van der Waals surface area contributed by atoms with Gasteiger partial charge in [0.15, 0.2) is 6.04 Å². The lowest BCUT2D eigenvalue weighted by Gasteiger charge is -2.21. The van der Waals surface area contributed by atoms with Gasteiger partial charge in [0.25, 0.3) is 0 Å². The number of rotatable bonds is 1. The Morgan fingerprint density at radius 2 is 1.94 bits per heavy atom. The molecule has 4 heteroatoms. The van der Waals surface area contributed by atoms with Crippen LogP contribution in [0.15, 0.2) is 42.6 Å². The van der Waals surface area contributed by atoms with Crippen LogP contribution in [0.2, 0.25) is 0 Å². The summed E-state index contributed by atoms with van der Waals surface area (Å²) in [4.78, 5) is 3.29. The van der Waals surface area contributed by atoms with Gasteiger partial charge in [0.1, 0.15) is 5.69 Å². The van der Waals surface area contributed by atoms with Gasteiger partial charge in [-0.05, 0) is 18.2 Å². The van der Waals surface area contributed by atoms with Gasteiger partial charge in [0.05, 0.1) is 12.7 Å². The predicted molar refractivity (Wildman–Crippen MR) is 64.9 cm³/mol. The third kappa shape index (κ3) is 2.09. The third-order valence-electron chi connectivity index (χ3n) is 3.00. The van der Waals surface area contributed by atoms with Crippen LogP contribution in [0.1, 0.15) is 17.3 Å². The van der Waals surface area contributed by atoms with E-state index in [2.05, 4.69) is 52.3 Å². The van der Waals surface area contributed by atoms with Gasteiger partial charge in [-0.15, -0.1) is 0 Å². The molecule has 3 nitrogen and oxygen atoms in total. The van der Waals surface area contributed by atoms with Crippen molar-refractivity contribution in [2.24, 2.45) is 0 Å². The van der Waals surface area contributed by atoms with Crippen molar-refractivity contribution < 1.29 is 28.6 Å². The molecule has 1 atom stereocenters. The lowest BCUT2D eigenvalue weighted by molar-refractivity contribution is -0.531. The molecule has 0 radical (unpaired) electrons. The summed E-state index contributed by atoms with van der Waals surface area (Å²) < 4.78 is 2.17. The van der Waals surface area contributed by atoms with E-state index in [0.29, 0.717) is 0 Å². The molecule has 1 unspecified atom stereocenters. The number of anilines is 1. The van der Waals surface area contributed by atoms with Crippen molar-refractivity contribution in [1.82, 2.24) is 4.98 Å². The fourth-order valence-electron chi connectivity index (χ4n) is 2.23. The van der Waals surface area contributed by atoms with Crippen molar-refractivity contribution in [2.75, 3.05) is 12.4 Å². The first kappa shape index (κ1) is 12.2. The molecule has 0 saturated carbocycles. The van der Waals surface area contributed by atoms with E-state index >= 15 is 0 Å². The van der Waals surface area contributed by atoms with Gasteiger partial charge in [-0.25, -0.2) is 5.32 Å². The zero-order valence-corrected chi connectivity index (χ0v) is 11.7. The van der Waals surface area contributed by atoms with Crippen molar-refractivity contribution in [3.8, 4) is 0 Å². The van der Waals surface area contributed by atoms with E-state index in [4.69, 9.17) is 0 Å². The molecule has 0 fully saturated rings. The van der Waals surface area contributed by atoms with Crippen LogP contribution in [0.5, 0.6) is 0 Å². The number of nitrogens with one attached hydrogen (secondary N) is 2. The SMILES string of the molecule is C[N+]1=CNc2ccccc2C1c1ccc[nH]1.[I-]. The van der Waals surface area contributed by atoms with Crippen molar-refractivity contribution in [3.05, 3.63) is 53.9 Å². The molecule has 1 aliphatic rings. The van der Waals surface area contributed by atoms with Gasteiger partial charge in [-0.2, -0.15) is 0 Å². The van der Waals surface area contributed by atoms with Gasteiger partial charge in [0, 0.05) is 11.8 Å². The van der Waals surface area contributed by atoms with E-state index in [1.165, 1.54) is 16.9 Å². The Bertz CT molecular complexity index is 531. The minimum absolute atomic E-state index is 0. The Balaban J connectivity index is 0.00000108. The molecule has 2 heterocycles. The summed E-state index contributed by atoms with van der Waals surface area (Å²) in [5.41, 5.74) is 3.70. The second-order valence-electron chi connectivity index (χ2n) is 4.05. The Labute approximate surface area is 118 Å². The summed E-state index contributed by atoms with van der Waals surface area (Å²) >= 11 is 0. The largest absolute Gasteiger partial charge is 1.00 e. The van der Waals surface area contributed by atoms with E-state index in [-0.39, 0.29) is 30.0 Å². The number of aromatic nitrogens is 1. The Morgan fingerprint density at radius 3 is 2.71 bits per heavy atom. The molecule has 17 heavy (non-hydrogen) atoms. The zero-order valence-electron chi connectivity index (χ0n) is 9.52. The second-order valence-corrected chi connectivity index (χ2v) is 4.05. The molecule has 3 rings (SSSR count). The number of fused-ring (bicyclic) bond motifs is 1. The van der Waals surface area contributed by atoms with Crippen LogP contribution >= 0.6 is 0 Å². The number of halogens is 1. The van der Waals surface area contributed by atoms with Gasteiger partial charge in [0.2, 0.25) is 6.34 Å². The van der Waals surface area contributed by atoms with Gasteiger partial charge < -0.3 is 29.0 Å². The van der Waals surface area contributed by atoms with Crippen LogP contribution in [0.4, 0.5) is 5.69 Å². The number of aromatic amines is 1. The van der Waals surface area contributed by atoms with Crippen LogP contribution in [0.25, 0.3) is 0 Å². The van der Waals surface area contributed by atoms with Crippen LogP contribution < -0.4 is 29.3 Å². The molecule has 0 bridgehead atoms. The Hall–Kier alpha value is -1.30. The number of benzene rings is 1. The number of hydrogen-bond acceptors (Lipinski definition) is 1. The van der Waals surface area contributed by atoms with E-state index in [0.717, 1.165) is 0 Å². The lowest BCUT2D eigenvalue weighted by atomic mass is 10.0. The van der Waals surface area contributed by atoms with Crippen LogP contribution in [-0.4, -0.2) is 22.9 Å². The standard InChI is InChI=1S/C13H13N3.HI/c1-16-9-15-11-6-3-2-5-10(11)13(16)12-7-4-8-14-12;/h2-9,13-14H,1H3;1H. The molecule has 1 aliphatic heterocycles. The second kappa shape index (κ2) is 4.91. The molecule has 88 valence electrons. The highest BCUT2D eigenvalue weighted by atomic mass is 127. The van der Waals surface area contributed by atoms with Crippen molar-refractivity contribution >= 4 is 12.0 Å². The summed E-state index contributed by atoms with van der Waals surface area (Å²) in [6, 6.07) is 12.8. The van der Waals surface area contributed by atoms with E-state index in [1.54, 1.807) is 0 Å². The highest BCUT2D eigenvalue weighted by Gasteiger charge is 2.27. The maximum Gasteiger partial charge on any atom is 0.237 e.